The van der Waals surface area contributed by atoms with Crippen LogP contribution in [-0.4, -0.2) is 35.5 Å². The molecule has 2 rings (SSSR count). The van der Waals surface area contributed by atoms with Gasteiger partial charge in [0.2, 0.25) is 5.91 Å². The summed E-state index contributed by atoms with van der Waals surface area (Å²) in [5, 5.41) is 14.6. The average molecular weight is 396 g/mol. The van der Waals surface area contributed by atoms with Gasteiger partial charge in [0.15, 0.2) is 0 Å². The summed E-state index contributed by atoms with van der Waals surface area (Å²) >= 11 is 0. The van der Waals surface area contributed by atoms with E-state index in [-0.39, 0.29) is 12.5 Å². The van der Waals surface area contributed by atoms with E-state index in [0.717, 1.165) is 37.5 Å². The number of carboxylic acids is 1. The van der Waals surface area contributed by atoms with Crippen LogP contribution in [0.3, 0.4) is 0 Å². The summed E-state index contributed by atoms with van der Waals surface area (Å²) in [4.78, 5) is 36.7. The number of carboxylic acid groups (broad SMARTS) is 1. The van der Waals surface area contributed by atoms with Crippen LogP contribution in [0, 0.1) is 23.0 Å². The highest BCUT2D eigenvalue weighted by molar-refractivity contribution is 5.98. The number of rotatable bonds is 7. The number of halogens is 2. The van der Waals surface area contributed by atoms with Crippen molar-refractivity contribution in [1.29, 1.82) is 0 Å². The predicted octanol–water partition coefficient (Wildman–Crippen LogP) is 2.87. The first-order valence-corrected chi connectivity index (χ1v) is 9.44. The predicted molar refractivity (Wildman–Crippen MR) is 98.6 cm³/mol. The number of nitrogens with one attached hydrogen (secondary N) is 2. The second-order valence-electron chi connectivity index (χ2n) is 7.66. The van der Waals surface area contributed by atoms with E-state index in [4.69, 9.17) is 0 Å². The molecule has 1 fully saturated rings. The minimum Gasteiger partial charge on any atom is -0.481 e. The third-order valence-electron chi connectivity index (χ3n) is 5.29. The van der Waals surface area contributed by atoms with Gasteiger partial charge in [-0.3, -0.25) is 14.4 Å². The van der Waals surface area contributed by atoms with Gasteiger partial charge < -0.3 is 15.7 Å². The Labute approximate surface area is 162 Å². The van der Waals surface area contributed by atoms with E-state index in [0.29, 0.717) is 12.8 Å². The van der Waals surface area contributed by atoms with Crippen LogP contribution in [0.25, 0.3) is 0 Å². The van der Waals surface area contributed by atoms with E-state index in [1.165, 1.54) is 0 Å². The van der Waals surface area contributed by atoms with Crippen molar-refractivity contribution in [3.63, 3.8) is 0 Å². The van der Waals surface area contributed by atoms with Gasteiger partial charge in [-0.1, -0.05) is 39.2 Å². The summed E-state index contributed by atoms with van der Waals surface area (Å²) in [5.41, 5.74) is -1.77. The van der Waals surface area contributed by atoms with E-state index >= 15 is 0 Å². The molecule has 1 aliphatic rings. The van der Waals surface area contributed by atoms with Gasteiger partial charge >= 0.3 is 5.97 Å². The standard InChI is InChI=1S/C20H26F2N2O4/c1-12(2)16(24-17(25)15-13(21)7-6-8-14(15)22)18(26)23-11-20(19(27)28)9-4-3-5-10-20/h6-8,12,16H,3-5,9-11H2,1-2H3,(H,23,26)(H,24,25)(H,27,28). The molecule has 0 aliphatic heterocycles. The van der Waals surface area contributed by atoms with Crippen molar-refractivity contribution in [3.05, 3.63) is 35.4 Å². The lowest BCUT2D eigenvalue weighted by atomic mass is 9.74. The third-order valence-corrected chi connectivity index (χ3v) is 5.29. The van der Waals surface area contributed by atoms with Gasteiger partial charge in [0.1, 0.15) is 23.2 Å². The first-order chi connectivity index (χ1) is 13.2. The van der Waals surface area contributed by atoms with Crippen LogP contribution >= 0.6 is 0 Å². The molecule has 0 aromatic heterocycles. The maximum absolute atomic E-state index is 13.8. The molecule has 0 heterocycles. The highest BCUT2D eigenvalue weighted by atomic mass is 19.1. The van der Waals surface area contributed by atoms with Gasteiger partial charge in [0.25, 0.3) is 5.91 Å². The van der Waals surface area contributed by atoms with Crippen LogP contribution in [0.5, 0.6) is 0 Å². The number of hydrogen-bond acceptors (Lipinski definition) is 3. The Bertz CT molecular complexity index is 725. The summed E-state index contributed by atoms with van der Waals surface area (Å²) in [5.74, 6) is -4.97. The lowest BCUT2D eigenvalue weighted by Crippen LogP contribution is -2.53. The summed E-state index contributed by atoms with van der Waals surface area (Å²) in [6.45, 7) is 3.31. The van der Waals surface area contributed by atoms with Crippen molar-refractivity contribution in [3.8, 4) is 0 Å². The first kappa shape index (κ1) is 21.8. The molecule has 8 heteroatoms. The lowest BCUT2D eigenvalue weighted by molar-refractivity contribution is -0.151. The fourth-order valence-electron chi connectivity index (χ4n) is 3.52. The molecule has 0 saturated heterocycles. The molecule has 1 saturated carbocycles. The normalized spacial score (nSPS) is 17.0. The van der Waals surface area contributed by atoms with E-state index in [9.17, 15) is 28.3 Å². The highest BCUT2D eigenvalue weighted by Gasteiger charge is 2.40. The Kier molecular flexibility index (Phi) is 7.10. The van der Waals surface area contributed by atoms with Crippen LogP contribution in [0.4, 0.5) is 8.78 Å². The minimum atomic E-state index is -1.05. The number of benzene rings is 1. The van der Waals surface area contributed by atoms with Gasteiger partial charge in [-0.2, -0.15) is 0 Å². The molecule has 0 bridgehead atoms. The van der Waals surface area contributed by atoms with E-state index in [2.05, 4.69) is 10.6 Å². The molecule has 6 nitrogen and oxygen atoms in total. The number of hydrogen-bond donors (Lipinski definition) is 3. The Morgan fingerprint density at radius 3 is 2.18 bits per heavy atom. The van der Waals surface area contributed by atoms with Crippen LogP contribution in [0.2, 0.25) is 0 Å². The molecule has 0 radical (unpaired) electrons. The molecule has 1 aliphatic carbocycles. The molecule has 1 aromatic carbocycles. The monoisotopic (exact) mass is 396 g/mol. The Balaban J connectivity index is 2.09. The SMILES string of the molecule is CC(C)C(NC(=O)c1c(F)cccc1F)C(=O)NCC1(C(=O)O)CCCCC1. The minimum absolute atomic E-state index is 0.0473. The Morgan fingerprint density at radius 2 is 1.68 bits per heavy atom. The summed E-state index contributed by atoms with van der Waals surface area (Å²) in [7, 11) is 0. The van der Waals surface area contributed by atoms with Gasteiger partial charge in [-0.25, -0.2) is 8.78 Å². The van der Waals surface area contributed by atoms with Gasteiger partial charge in [0, 0.05) is 6.54 Å². The largest absolute Gasteiger partial charge is 0.481 e. The van der Waals surface area contributed by atoms with Crippen molar-refractivity contribution in [1.82, 2.24) is 10.6 Å². The fraction of sp³-hybridized carbons (Fsp3) is 0.550. The first-order valence-electron chi connectivity index (χ1n) is 9.44. The number of amides is 2. The van der Waals surface area contributed by atoms with Crippen molar-refractivity contribution in [2.24, 2.45) is 11.3 Å². The van der Waals surface area contributed by atoms with Gasteiger partial charge in [-0.15, -0.1) is 0 Å². The van der Waals surface area contributed by atoms with Crippen molar-refractivity contribution >= 4 is 17.8 Å². The van der Waals surface area contributed by atoms with Crippen LogP contribution in [0.15, 0.2) is 18.2 Å². The van der Waals surface area contributed by atoms with E-state index < -0.39 is 46.4 Å². The van der Waals surface area contributed by atoms with E-state index in [1.807, 2.05) is 0 Å². The molecule has 154 valence electrons. The number of aliphatic carboxylic acids is 1. The second-order valence-corrected chi connectivity index (χ2v) is 7.66. The Hall–Kier alpha value is -2.51. The van der Waals surface area contributed by atoms with Gasteiger partial charge in [0.05, 0.1) is 5.41 Å². The molecule has 1 aromatic rings. The molecular formula is C20H26F2N2O4. The van der Waals surface area contributed by atoms with E-state index in [1.54, 1.807) is 13.8 Å². The molecule has 3 N–H and O–H groups in total. The smallest absolute Gasteiger partial charge is 0.311 e. The third kappa shape index (κ3) is 4.85. The Morgan fingerprint density at radius 1 is 1.11 bits per heavy atom. The zero-order valence-electron chi connectivity index (χ0n) is 16.1. The molecular weight excluding hydrogens is 370 g/mol. The zero-order chi connectivity index (χ0) is 20.9. The van der Waals surface area contributed by atoms with Crippen molar-refractivity contribution in [2.45, 2.75) is 52.0 Å². The summed E-state index contributed by atoms with van der Waals surface area (Å²) in [6.07, 6.45) is 3.46. The quantitative estimate of drug-likeness (QED) is 0.660. The lowest BCUT2D eigenvalue weighted by Gasteiger charge is -2.34. The maximum Gasteiger partial charge on any atom is 0.311 e. The van der Waals surface area contributed by atoms with Gasteiger partial charge in [-0.05, 0) is 30.9 Å². The molecule has 0 spiro atoms. The summed E-state index contributed by atoms with van der Waals surface area (Å²) in [6, 6.07) is 2.01. The average Bonchev–Trinajstić information content (AvgIpc) is 2.64. The number of carbonyl (C=O) groups is 3. The number of carbonyl (C=O) groups excluding carboxylic acids is 2. The zero-order valence-corrected chi connectivity index (χ0v) is 16.1. The topological polar surface area (TPSA) is 95.5 Å². The van der Waals surface area contributed by atoms with Crippen molar-refractivity contribution in [2.75, 3.05) is 6.54 Å². The summed E-state index contributed by atoms with van der Waals surface area (Å²) < 4.78 is 27.6. The highest BCUT2D eigenvalue weighted by Crippen LogP contribution is 2.36. The van der Waals surface area contributed by atoms with Crippen LogP contribution in [0.1, 0.15) is 56.3 Å². The van der Waals surface area contributed by atoms with Crippen molar-refractivity contribution < 1.29 is 28.3 Å². The molecule has 1 unspecified atom stereocenters. The fourth-order valence-corrected chi connectivity index (χ4v) is 3.52. The van der Waals surface area contributed by atoms with Crippen LogP contribution in [-0.2, 0) is 9.59 Å². The maximum atomic E-state index is 13.8. The van der Waals surface area contributed by atoms with Crippen LogP contribution < -0.4 is 10.6 Å². The second kappa shape index (κ2) is 9.12. The molecule has 28 heavy (non-hydrogen) atoms. The molecule has 1 atom stereocenters. The molecule has 2 amide bonds.